The minimum Gasteiger partial charge on any atom is -0.395 e. The maximum Gasteiger partial charge on any atom is 0.148 e. The molecule has 1 aromatic carbocycles. The molecule has 18 heavy (non-hydrogen) atoms. The molecule has 0 saturated heterocycles. The highest BCUT2D eigenvalue weighted by atomic mass is 19.1. The third-order valence-electron chi connectivity index (χ3n) is 2.82. The van der Waals surface area contributed by atoms with Crippen molar-refractivity contribution in [3.63, 3.8) is 0 Å². The zero-order chi connectivity index (χ0) is 13.5. The summed E-state index contributed by atoms with van der Waals surface area (Å²) in [6, 6.07) is 4.91. The van der Waals surface area contributed by atoms with Gasteiger partial charge in [0.2, 0.25) is 0 Å². The third kappa shape index (κ3) is 3.58. The van der Waals surface area contributed by atoms with E-state index in [0.717, 1.165) is 0 Å². The Morgan fingerprint density at radius 1 is 1.33 bits per heavy atom. The van der Waals surface area contributed by atoms with E-state index in [1.54, 1.807) is 26.4 Å². The van der Waals surface area contributed by atoms with Crippen molar-refractivity contribution in [3.05, 3.63) is 24.0 Å². The van der Waals surface area contributed by atoms with E-state index in [1.165, 1.54) is 6.07 Å². The number of anilines is 2. The minimum absolute atomic E-state index is 0.0919. The number of methoxy groups -OCH3 is 2. The predicted molar refractivity (Wildman–Crippen MR) is 71.4 cm³/mol. The summed E-state index contributed by atoms with van der Waals surface area (Å²) in [6.07, 6.45) is 0. The van der Waals surface area contributed by atoms with Gasteiger partial charge in [0, 0.05) is 26.8 Å². The molecule has 0 saturated carbocycles. The summed E-state index contributed by atoms with van der Waals surface area (Å²) in [5, 5.41) is 0. The first-order valence-electron chi connectivity index (χ1n) is 5.90. The largest absolute Gasteiger partial charge is 0.395 e. The molecule has 1 rings (SSSR count). The lowest BCUT2D eigenvalue weighted by atomic mass is 10.2. The van der Waals surface area contributed by atoms with Crippen LogP contribution in [0.3, 0.4) is 0 Å². The lowest BCUT2D eigenvalue weighted by Crippen LogP contribution is -2.39. The van der Waals surface area contributed by atoms with Gasteiger partial charge >= 0.3 is 0 Å². The van der Waals surface area contributed by atoms with Crippen molar-refractivity contribution < 1.29 is 13.9 Å². The maximum absolute atomic E-state index is 13.5. The minimum atomic E-state index is -0.403. The molecule has 1 aromatic rings. The van der Waals surface area contributed by atoms with Crippen molar-refractivity contribution in [1.29, 1.82) is 0 Å². The molecule has 0 aliphatic rings. The molecule has 0 heterocycles. The van der Waals surface area contributed by atoms with E-state index in [0.29, 0.717) is 25.4 Å². The molecule has 4 nitrogen and oxygen atoms in total. The zero-order valence-corrected chi connectivity index (χ0v) is 11.1. The Balaban J connectivity index is 2.97. The fourth-order valence-electron chi connectivity index (χ4n) is 1.88. The molecule has 2 N–H and O–H groups in total. The van der Waals surface area contributed by atoms with Gasteiger partial charge in [-0.2, -0.15) is 0 Å². The van der Waals surface area contributed by atoms with Crippen LogP contribution in [-0.2, 0) is 9.47 Å². The van der Waals surface area contributed by atoms with E-state index < -0.39 is 5.82 Å². The molecular formula is C13H21FN2O2. The highest BCUT2D eigenvalue weighted by Crippen LogP contribution is 2.27. The summed E-state index contributed by atoms with van der Waals surface area (Å²) in [5.41, 5.74) is 6.63. The average Bonchev–Trinajstić information content (AvgIpc) is 2.35. The summed E-state index contributed by atoms with van der Waals surface area (Å²) >= 11 is 0. The first-order chi connectivity index (χ1) is 8.61. The van der Waals surface area contributed by atoms with Gasteiger partial charge < -0.3 is 20.1 Å². The molecule has 1 atom stereocenters. The number of rotatable bonds is 7. The monoisotopic (exact) mass is 256 g/mol. The molecule has 5 heteroatoms. The van der Waals surface area contributed by atoms with Crippen LogP contribution >= 0.6 is 0 Å². The molecule has 0 aliphatic carbocycles. The SMILES string of the molecule is COCCN(c1cccc(F)c1N)C(C)COC. The average molecular weight is 256 g/mol. The Bertz CT molecular complexity index is 374. The van der Waals surface area contributed by atoms with Gasteiger partial charge in [0.25, 0.3) is 0 Å². The highest BCUT2D eigenvalue weighted by Gasteiger charge is 2.18. The number of nitrogen functional groups attached to an aromatic ring is 1. The number of para-hydroxylation sites is 1. The number of halogens is 1. The molecule has 102 valence electrons. The van der Waals surface area contributed by atoms with Crippen molar-refractivity contribution in [2.45, 2.75) is 13.0 Å². The van der Waals surface area contributed by atoms with Crippen molar-refractivity contribution in [1.82, 2.24) is 0 Å². The van der Waals surface area contributed by atoms with Crippen LogP contribution in [0.5, 0.6) is 0 Å². The van der Waals surface area contributed by atoms with Crippen LogP contribution in [0.1, 0.15) is 6.92 Å². The van der Waals surface area contributed by atoms with E-state index in [2.05, 4.69) is 0 Å². The zero-order valence-electron chi connectivity index (χ0n) is 11.1. The van der Waals surface area contributed by atoms with Gasteiger partial charge in [-0.15, -0.1) is 0 Å². The van der Waals surface area contributed by atoms with Gasteiger partial charge in [-0.05, 0) is 19.1 Å². The molecule has 0 aromatic heterocycles. The Morgan fingerprint density at radius 3 is 2.67 bits per heavy atom. The summed E-state index contributed by atoms with van der Waals surface area (Å²) in [6.45, 7) is 3.72. The van der Waals surface area contributed by atoms with E-state index in [-0.39, 0.29) is 11.7 Å². The number of hydrogen-bond donors (Lipinski definition) is 1. The Kier molecular flexibility index (Phi) is 5.88. The maximum atomic E-state index is 13.5. The normalized spacial score (nSPS) is 12.4. The fraction of sp³-hybridized carbons (Fsp3) is 0.538. The van der Waals surface area contributed by atoms with Crippen molar-refractivity contribution in [3.8, 4) is 0 Å². The molecule has 0 spiro atoms. The van der Waals surface area contributed by atoms with Crippen LogP contribution in [0.15, 0.2) is 18.2 Å². The summed E-state index contributed by atoms with van der Waals surface area (Å²) < 4.78 is 23.7. The van der Waals surface area contributed by atoms with E-state index >= 15 is 0 Å². The van der Waals surface area contributed by atoms with Gasteiger partial charge in [-0.25, -0.2) is 4.39 Å². The standard InChI is InChI=1S/C13H21FN2O2/c1-10(9-18-3)16(7-8-17-2)12-6-4-5-11(14)13(12)15/h4-6,10H,7-9,15H2,1-3H3. The third-order valence-corrected chi connectivity index (χ3v) is 2.82. The fourth-order valence-corrected chi connectivity index (χ4v) is 1.88. The van der Waals surface area contributed by atoms with Crippen LogP contribution in [0.4, 0.5) is 15.8 Å². The van der Waals surface area contributed by atoms with E-state index in [1.807, 2.05) is 11.8 Å². The molecular weight excluding hydrogens is 235 g/mol. The highest BCUT2D eigenvalue weighted by molar-refractivity contribution is 5.68. The van der Waals surface area contributed by atoms with Gasteiger partial charge in [-0.3, -0.25) is 0 Å². The second kappa shape index (κ2) is 7.18. The topological polar surface area (TPSA) is 47.7 Å². The van der Waals surface area contributed by atoms with Crippen LogP contribution in [0.25, 0.3) is 0 Å². The quantitative estimate of drug-likeness (QED) is 0.757. The Labute approximate surface area is 107 Å². The number of hydrogen-bond acceptors (Lipinski definition) is 4. The van der Waals surface area contributed by atoms with Crippen molar-refractivity contribution in [2.75, 3.05) is 44.6 Å². The van der Waals surface area contributed by atoms with E-state index in [4.69, 9.17) is 15.2 Å². The van der Waals surface area contributed by atoms with Crippen molar-refractivity contribution in [2.24, 2.45) is 0 Å². The summed E-state index contributed by atoms with van der Waals surface area (Å²) in [4.78, 5) is 1.99. The number of nitrogens with zero attached hydrogens (tertiary/aromatic N) is 1. The van der Waals surface area contributed by atoms with Gasteiger partial charge in [0.1, 0.15) is 5.82 Å². The molecule has 0 radical (unpaired) electrons. The van der Waals surface area contributed by atoms with Crippen LogP contribution in [0.2, 0.25) is 0 Å². The van der Waals surface area contributed by atoms with Crippen LogP contribution in [0, 0.1) is 5.82 Å². The first-order valence-corrected chi connectivity index (χ1v) is 5.90. The molecule has 1 unspecified atom stereocenters. The summed E-state index contributed by atoms with van der Waals surface area (Å²) in [7, 11) is 3.27. The second-order valence-electron chi connectivity index (χ2n) is 4.16. The lowest BCUT2D eigenvalue weighted by molar-refractivity contribution is 0.171. The van der Waals surface area contributed by atoms with Gasteiger partial charge in [0.05, 0.1) is 24.6 Å². The van der Waals surface area contributed by atoms with E-state index in [9.17, 15) is 4.39 Å². The smallest absolute Gasteiger partial charge is 0.148 e. The Hall–Kier alpha value is -1.33. The Morgan fingerprint density at radius 2 is 2.06 bits per heavy atom. The summed E-state index contributed by atoms with van der Waals surface area (Å²) in [5.74, 6) is -0.403. The van der Waals surface area contributed by atoms with Crippen LogP contribution < -0.4 is 10.6 Å². The lowest BCUT2D eigenvalue weighted by Gasteiger charge is -2.31. The molecule has 0 amide bonds. The van der Waals surface area contributed by atoms with Gasteiger partial charge in [0.15, 0.2) is 0 Å². The first kappa shape index (κ1) is 14.7. The molecule has 0 aliphatic heterocycles. The number of benzene rings is 1. The second-order valence-corrected chi connectivity index (χ2v) is 4.16. The van der Waals surface area contributed by atoms with Crippen LogP contribution in [-0.4, -0.2) is 40.0 Å². The van der Waals surface area contributed by atoms with Crippen molar-refractivity contribution >= 4 is 11.4 Å². The number of nitrogens with two attached hydrogens (primary N) is 1. The predicted octanol–water partition coefficient (Wildman–Crippen LogP) is 1.90. The van der Waals surface area contributed by atoms with Gasteiger partial charge in [-0.1, -0.05) is 6.07 Å². The number of ether oxygens (including phenoxy) is 2. The molecule has 0 fully saturated rings. The molecule has 0 bridgehead atoms.